The molecule has 2 rings (SSSR count). The van der Waals surface area contributed by atoms with Gasteiger partial charge < -0.3 is 9.47 Å². The first-order chi connectivity index (χ1) is 11.0. The lowest BCUT2D eigenvalue weighted by Crippen LogP contribution is -2.21. The van der Waals surface area contributed by atoms with Gasteiger partial charge in [0.05, 0.1) is 6.10 Å². The van der Waals surface area contributed by atoms with Gasteiger partial charge in [-0.2, -0.15) is 0 Å². The van der Waals surface area contributed by atoms with Crippen LogP contribution in [0.1, 0.15) is 65.0 Å². The second kappa shape index (κ2) is 8.47. The van der Waals surface area contributed by atoms with E-state index in [4.69, 9.17) is 9.47 Å². The normalized spacial score (nSPS) is 24.4. The Bertz CT molecular complexity index is 528. The highest BCUT2D eigenvalue weighted by Crippen LogP contribution is 2.40. The number of rotatable bonds is 7. The zero-order valence-electron chi connectivity index (χ0n) is 14.9. The Kier molecular flexibility index (Phi) is 6.61. The monoisotopic (exact) mass is 314 g/mol. The molecule has 1 aliphatic rings. The first-order valence-electron chi connectivity index (χ1n) is 8.69. The smallest absolute Gasteiger partial charge is 0.164 e. The maximum absolute atomic E-state index is 6.15. The van der Waals surface area contributed by atoms with Crippen LogP contribution >= 0.6 is 0 Å². The Balaban J connectivity index is 1.94. The highest BCUT2D eigenvalue weighted by molar-refractivity contribution is 5.20. The molecule has 2 heteroatoms. The van der Waals surface area contributed by atoms with Crippen molar-refractivity contribution < 1.29 is 9.47 Å². The van der Waals surface area contributed by atoms with Crippen LogP contribution in [-0.2, 0) is 9.47 Å². The Morgan fingerprint density at radius 1 is 1.13 bits per heavy atom. The molecule has 0 aromatic heterocycles. The van der Waals surface area contributed by atoms with Crippen molar-refractivity contribution in [1.29, 1.82) is 0 Å². The fourth-order valence-electron chi connectivity index (χ4n) is 3.04. The topological polar surface area (TPSA) is 18.5 Å². The first kappa shape index (κ1) is 18.0. The largest absolute Gasteiger partial charge is 0.344 e. The first-order valence-corrected chi connectivity index (χ1v) is 8.69. The van der Waals surface area contributed by atoms with Gasteiger partial charge in [-0.1, -0.05) is 54.1 Å². The Morgan fingerprint density at radius 3 is 2.57 bits per heavy atom. The molecule has 0 spiro atoms. The second-order valence-corrected chi connectivity index (χ2v) is 6.74. The van der Waals surface area contributed by atoms with Gasteiger partial charge in [-0.25, -0.2) is 0 Å². The van der Waals surface area contributed by atoms with E-state index in [1.54, 1.807) is 0 Å². The highest BCUT2D eigenvalue weighted by atomic mass is 16.7. The molecule has 0 radical (unpaired) electrons. The summed E-state index contributed by atoms with van der Waals surface area (Å²) in [6.07, 6.45) is 11.1. The molecule has 0 unspecified atom stereocenters. The van der Waals surface area contributed by atoms with Gasteiger partial charge in [0.2, 0.25) is 0 Å². The summed E-state index contributed by atoms with van der Waals surface area (Å²) in [6.45, 7) is 8.29. The quantitative estimate of drug-likeness (QED) is 0.456. The van der Waals surface area contributed by atoms with Crippen LogP contribution in [0.4, 0.5) is 0 Å². The lowest BCUT2D eigenvalue weighted by molar-refractivity contribution is -0.147. The standard InChI is InChI=1S/C21H30O2/c1-5-6-7-9-12-17(2)15-16-19-20(23-21(3,4)22-19)18-13-10-8-11-14-18/h5-6,8,10-14,19-20H,7,9,15-16H2,1-4H3/b6-5+,17-12+/t19-,20-/m0/s1. The summed E-state index contributed by atoms with van der Waals surface area (Å²) in [4.78, 5) is 0. The van der Waals surface area contributed by atoms with Crippen LogP contribution in [0.15, 0.2) is 54.1 Å². The summed E-state index contributed by atoms with van der Waals surface area (Å²) in [5, 5.41) is 0. The Labute approximate surface area is 141 Å². The van der Waals surface area contributed by atoms with Crippen molar-refractivity contribution in [3.05, 3.63) is 59.7 Å². The van der Waals surface area contributed by atoms with Gasteiger partial charge in [0.15, 0.2) is 5.79 Å². The third-order valence-corrected chi connectivity index (χ3v) is 4.20. The molecule has 0 bridgehead atoms. The number of ether oxygens (including phenoxy) is 2. The van der Waals surface area contributed by atoms with Gasteiger partial charge in [0.25, 0.3) is 0 Å². The molecule has 1 aliphatic heterocycles. The fourth-order valence-corrected chi connectivity index (χ4v) is 3.04. The summed E-state index contributed by atoms with van der Waals surface area (Å²) in [7, 11) is 0. The third kappa shape index (κ3) is 5.63. The predicted octanol–water partition coefficient (Wildman–Crippen LogP) is 5.96. The molecular weight excluding hydrogens is 284 g/mol. The molecule has 1 heterocycles. The van der Waals surface area contributed by atoms with E-state index in [2.05, 4.69) is 56.3 Å². The lowest BCUT2D eigenvalue weighted by atomic mass is 9.98. The molecule has 1 saturated heterocycles. The minimum atomic E-state index is -0.505. The zero-order chi connectivity index (χ0) is 16.7. The van der Waals surface area contributed by atoms with Gasteiger partial charge in [0.1, 0.15) is 6.10 Å². The van der Waals surface area contributed by atoms with Gasteiger partial charge in [-0.05, 0) is 58.9 Å². The summed E-state index contributed by atoms with van der Waals surface area (Å²) in [5.41, 5.74) is 2.65. The van der Waals surface area contributed by atoms with E-state index >= 15 is 0 Å². The number of allylic oxidation sites excluding steroid dienone is 4. The van der Waals surface area contributed by atoms with E-state index < -0.39 is 5.79 Å². The average molecular weight is 314 g/mol. The van der Waals surface area contributed by atoms with Crippen molar-refractivity contribution in [1.82, 2.24) is 0 Å². The van der Waals surface area contributed by atoms with E-state index in [1.807, 2.05) is 19.9 Å². The summed E-state index contributed by atoms with van der Waals surface area (Å²) in [5.74, 6) is -0.505. The van der Waals surface area contributed by atoms with Gasteiger partial charge in [0, 0.05) is 0 Å². The number of hydrogen-bond donors (Lipinski definition) is 0. The molecule has 1 fully saturated rings. The summed E-state index contributed by atoms with van der Waals surface area (Å²) in [6, 6.07) is 10.4. The highest BCUT2D eigenvalue weighted by Gasteiger charge is 2.41. The fraction of sp³-hybridized carbons (Fsp3) is 0.524. The molecule has 126 valence electrons. The number of unbranched alkanes of at least 4 members (excludes halogenated alkanes) is 1. The zero-order valence-corrected chi connectivity index (χ0v) is 14.9. The summed E-state index contributed by atoms with van der Waals surface area (Å²) >= 11 is 0. The maximum atomic E-state index is 6.15. The minimum Gasteiger partial charge on any atom is -0.344 e. The van der Waals surface area contributed by atoms with Crippen molar-refractivity contribution in [3.63, 3.8) is 0 Å². The number of hydrogen-bond acceptors (Lipinski definition) is 2. The molecule has 2 nitrogen and oxygen atoms in total. The molecule has 1 aromatic carbocycles. The average Bonchev–Trinajstić information content (AvgIpc) is 2.85. The second-order valence-electron chi connectivity index (χ2n) is 6.74. The van der Waals surface area contributed by atoms with Crippen molar-refractivity contribution in [3.8, 4) is 0 Å². The lowest BCUT2D eigenvalue weighted by Gasteiger charge is -2.17. The molecular formula is C21H30O2. The SMILES string of the molecule is C/C=C/CC/C=C(\C)CC[C@@H]1OC(C)(C)O[C@H]1c1ccccc1. The number of benzene rings is 1. The van der Waals surface area contributed by atoms with Gasteiger partial charge in [-0.3, -0.25) is 0 Å². The Morgan fingerprint density at radius 2 is 1.87 bits per heavy atom. The molecule has 0 N–H and O–H groups in total. The van der Waals surface area contributed by atoms with E-state index in [9.17, 15) is 0 Å². The Hall–Kier alpha value is -1.38. The van der Waals surface area contributed by atoms with E-state index in [0.717, 1.165) is 25.7 Å². The molecule has 0 amide bonds. The molecule has 23 heavy (non-hydrogen) atoms. The van der Waals surface area contributed by atoms with Crippen LogP contribution < -0.4 is 0 Å². The van der Waals surface area contributed by atoms with Crippen LogP contribution in [0.5, 0.6) is 0 Å². The van der Waals surface area contributed by atoms with Crippen LogP contribution in [0.25, 0.3) is 0 Å². The van der Waals surface area contributed by atoms with Crippen molar-refractivity contribution in [2.24, 2.45) is 0 Å². The molecule has 0 saturated carbocycles. The van der Waals surface area contributed by atoms with Crippen LogP contribution in [0.3, 0.4) is 0 Å². The maximum Gasteiger partial charge on any atom is 0.164 e. The van der Waals surface area contributed by atoms with Crippen LogP contribution in [-0.4, -0.2) is 11.9 Å². The van der Waals surface area contributed by atoms with Crippen LogP contribution in [0.2, 0.25) is 0 Å². The van der Waals surface area contributed by atoms with Crippen molar-refractivity contribution in [2.45, 2.75) is 71.4 Å². The van der Waals surface area contributed by atoms with Gasteiger partial charge in [-0.15, -0.1) is 0 Å². The van der Waals surface area contributed by atoms with Crippen molar-refractivity contribution >= 4 is 0 Å². The van der Waals surface area contributed by atoms with E-state index in [0.29, 0.717) is 0 Å². The van der Waals surface area contributed by atoms with Crippen molar-refractivity contribution in [2.75, 3.05) is 0 Å². The minimum absolute atomic E-state index is 0.0297. The van der Waals surface area contributed by atoms with E-state index in [-0.39, 0.29) is 12.2 Å². The summed E-state index contributed by atoms with van der Waals surface area (Å²) < 4.78 is 12.3. The van der Waals surface area contributed by atoms with Gasteiger partial charge >= 0.3 is 0 Å². The molecule has 2 atom stereocenters. The third-order valence-electron chi connectivity index (χ3n) is 4.20. The van der Waals surface area contributed by atoms with Crippen LogP contribution in [0, 0.1) is 0 Å². The molecule has 0 aliphatic carbocycles. The van der Waals surface area contributed by atoms with E-state index in [1.165, 1.54) is 11.1 Å². The molecule has 1 aromatic rings. The predicted molar refractivity (Wildman–Crippen MR) is 96.3 cm³/mol.